The first-order chi connectivity index (χ1) is 8.03. The summed E-state index contributed by atoms with van der Waals surface area (Å²) in [6, 6.07) is 7.44. The summed E-state index contributed by atoms with van der Waals surface area (Å²) in [6.45, 7) is 2.44. The third kappa shape index (κ3) is 5.95. The zero-order valence-electron chi connectivity index (χ0n) is 9.85. The summed E-state index contributed by atoms with van der Waals surface area (Å²) in [4.78, 5) is 0.996. The molecule has 0 aliphatic rings. The van der Waals surface area contributed by atoms with Crippen molar-refractivity contribution in [2.45, 2.75) is 18.2 Å². The van der Waals surface area contributed by atoms with E-state index in [1.807, 2.05) is 31.2 Å². The second kappa shape index (κ2) is 6.88. The zero-order valence-corrected chi connectivity index (χ0v) is 11.5. The number of nitrogens with one attached hydrogen (secondary N) is 1. The molecule has 1 rings (SSSR count). The minimum Gasteiger partial charge on any atom is -0.399 e. The van der Waals surface area contributed by atoms with Crippen LogP contribution >= 0.6 is 11.8 Å². The molecular weight excluding hydrogens is 256 g/mol. The van der Waals surface area contributed by atoms with E-state index in [0.29, 0.717) is 18.0 Å². The number of benzene rings is 1. The SMILES string of the molecule is CCCNS(=O)(=O)CCSc1cccc(N)c1. The maximum atomic E-state index is 11.5. The maximum Gasteiger partial charge on any atom is 0.212 e. The van der Waals surface area contributed by atoms with Gasteiger partial charge in [-0.15, -0.1) is 11.8 Å². The zero-order chi connectivity index (χ0) is 12.7. The van der Waals surface area contributed by atoms with Crippen molar-refractivity contribution in [2.75, 3.05) is 23.8 Å². The monoisotopic (exact) mass is 274 g/mol. The van der Waals surface area contributed by atoms with Crippen LogP contribution < -0.4 is 10.5 Å². The van der Waals surface area contributed by atoms with Gasteiger partial charge >= 0.3 is 0 Å². The highest BCUT2D eigenvalue weighted by molar-refractivity contribution is 8.00. The van der Waals surface area contributed by atoms with E-state index in [9.17, 15) is 8.42 Å². The largest absolute Gasteiger partial charge is 0.399 e. The van der Waals surface area contributed by atoms with Crippen molar-refractivity contribution in [3.8, 4) is 0 Å². The minimum atomic E-state index is -3.13. The van der Waals surface area contributed by atoms with Gasteiger partial charge in [-0.2, -0.15) is 0 Å². The highest BCUT2D eigenvalue weighted by Crippen LogP contribution is 2.20. The topological polar surface area (TPSA) is 72.2 Å². The number of sulfonamides is 1. The summed E-state index contributed by atoms with van der Waals surface area (Å²) in [7, 11) is -3.13. The minimum absolute atomic E-state index is 0.131. The van der Waals surface area contributed by atoms with Gasteiger partial charge in [0.1, 0.15) is 0 Å². The molecular formula is C11H18N2O2S2. The molecule has 6 heteroatoms. The van der Waals surface area contributed by atoms with Crippen molar-refractivity contribution < 1.29 is 8.42 Å². The van der Waals surface area contributed by atoms with Crippen LogP contribution in [0.1, 0.15) is 13.3 Å². The molecule has 4 nitrogen and oxygen atoms in total. The molecule has 0 fully saturated rings. The molecule has 0 aliphatic heterocycles. The molecule has 1 aromatic carbocycles. The van der Waals surface area contributed by atoms with Crippen LogP contribution in [0.3, 0.4) is 0 Å². The first-order valence-corrected chi connectivity index (χ1v) is 8.13. The Kier molecular flexibility index (Phi) is 5.80. The van der Waals surface area contributed by atoms with Crippen LogP contribution in [0.5, 0.6) is 0 Å². The summed E-state index contributed by atoms with van der Waals surface area (Å²) < 4.78 is 25.5. The molecule has 0 unspecified atom stereocenters. The predicted octanol–water partition coefficient (Wildman–Crippen LogP) is 1.69. The van der Waals surface area contributed by atoms with Crippen molar-refractivity contribution in [2.24, 2.45) is 0 Å². The number of hydrogen-bond donors (Lipinski definition) is 2. The molecule has 0 atom stereocenters. The molecule has 1 aromatic rings. The molecule has 0 heterocycles. The molecule has 0 radical (unpaired) electrons. The van der Waals surface area contributed by atoms with Gasteiger partial charge in [-0.1, -0.05) is 13.0 Å². The van der Waals surface area contributed by atoms with Crippen LogP contribution in [0, 0.1) is 0 Å². The van der Waals surface area contributed by atoms with Gasteiger partial charge in [0.2, 0.25) is 10.0 Å². The number of thioether (sulfide) groups is 1. The molecule has 3 N–H and O–H groups in total. The smallest absolute Gasteiger partial charge is 0.212 e. The summed E-state index contributed by atoms with van der Waals surface area (Å²) in [5, 5.41) is 0. The van der Waals surface area contributed by atoms with E-state index < -0.39 is 10.0 Å². The van der Waals surface area contributed by atoms with Crippen LogP contribution in [0.2, 0.25) is 0 Å². The molecule has 0 spiro atoms. The van der Waals surface area contributed by atoms with Crippen molar-refractivity contribution >= 4 is 27.5 Å². The average Bonchev–Trinajstić information content (AvgIpc) is 2.26. The fourth-order valence-corrected chi connectivity index (χ4v) is 3.70. The van der Waals surface area contributed by atoms with Gasteiger partial charge in [0.15, 0.2) is 0 Å². The second-order valence-electron chi connectivity index (χ2n) is 3.63. The van der Waals surface area contributed by atoms with Crippen molar-refractivity contribution in [3.63, 3.8) is 0 Å². The van der Waals surface area contributed by atoms with E-state index >= 15 is 0 Å². The number of nitrogen functional groups attached to an aromatic ring is 1. The molecule has 0 saturated carbocycles. The van der Waals surface area contributed by atoms with Gasteiger partial charge in [0.05, 0.1) is 5.75 Å². The highest BCUT2D eigenvalue weighted by Gasteiger charge is 2.08. The quantitative estimate of drug-likeness (QED) is 0.586. The van der Waals surface area contributed by atoms with Gasteiger partial charge < -0.3 is 5.73 Å². The van der Waals surface area contributed by atoms with Crippen LogP contribution in [-0.2, 0) is 10.0 Å². The van der Waals surface area contributed by atoms with E-state index in [0.717, 1.165) is 11.3 Å². The summed E-state index contributed by atoms with van der Waals surface area (Å²) in [6.07, 6.45) is 0.807. The van der Waals surface area contributed by atoms with Gasteiger partial charge in [-0.05, 0) is 24.6 Å². The molecule has 0 aliphatic carbocycles. The van der Waals surface area contributed by atoms with E-state index in [2.05, 4.69) is 4.72 Å². The van der Waals surface area contributed by atoms with Gasteiger partial charge in [-0.25, -0.2) is 13.1 Å². The lowest BCUT2D eigenvalue weighted by Crippen LogP contribution is -2.27. The first kappa shape index (κ1) is 14.3. The highest BCUT2D eigenvalue weighted by atomic mass is 32.2. The van der Waals surface area contributed by atoms with Gasteiger partial charge in [0.25, 0.3) is 0 Å². The van der Waals surface area contributed by atoms with Crippen molar-refractivity contribution in [1.82, 2.24) is 4.72 Å². The lowest BCUT2D eigenvalue weighted by molar-refractivity contribution is 0.582. The Morgan fingerprint density at radius 3 is 2.82 bits per heavy atom. The van der Waals surface area contributed by atoms with Crippen molar-refractivity contribution in [3.05, 3.63) is 24.3 Å². The normalized spacial score (nSPS) is 11.6. The molecule has 17 heavy (non-hydrogen) atoms. The summed E-state index contributed by atoms with van der Waals surface area (Å²) >= 11 is 1.50. The Morgan fingerprint density at radius 2 is 2.18 bits per heavy atom. The van der Waals surface area contributed by atoms with Crippen LogP contribution in [0.15, 0.2) is 29.2 Å². The maximum absolute atomic E-state index is 11.5. The molecule has 0 aromatic heterocycles. The van der Waals surface area contributed by atoms with Crippen LogP contribution in [0.4, 0.5) is 5.69 Å². The fraction of sp³-hybridized carbons (Fsp3) is 0.455. The van der Waals surface area contributed by atoms with E-state index in [1.54, 1.807) is 0 Å². The second-order valence-corrected chi connectivity index (χ2v) is 6.73. The number of nitrogens with two attached hydrogens (primary N) is 1. The van der Waals surface area contributed by atoms with Gasteiger partial charge in [-0.3, -0.25) is 0 Å². The summed E-state index contributed by atoms with van der Waals surface area (Å²) in [5.74, 6) is 0.662. The Hall–Kier alpha value is -0.720. The lowest BCUT2D eigenvalue weighted by atomic mass is 10.3. The third-order valence-corrected chi connectivity index (χ3v) is 4.69. The fourth-order valence-electron chi connectivity index (χ4n) is 1.20. The molecule has 0 saturated heterocycles. The van der Waals surface area contributed by atoms with Gasteiger partial charge in [0, 0.05) is 22.9 Å². The predicted molar refractivity (Wildman–Crippen MR) is 73.7 cm³/mol. The molecule has 96 valence electrons. The standard InChI is InChI=1S/C11H18N2O2S2/c1-2-6-13-17(14,15)8-7-16-11-5-3-4-10(12)9-11/h3-5,9,13H,2,6-8,12H2,1H3. The Bertz CT molecular complexity index is 447. The third-order valence-electron chi connectivity index (χ3n) is 2.05. The number of rotatable bonds is 7. The van der Waals surface area contributed by atoms with E-state index in [4.69, 9.17) is 5.73 Å². The Morgan fingerprint density at radius 1 is 1.41 bits per heavy atom. The average molecular weight is 274 g/mol. The number of hydrogen-bond acceptors (Lipinski definition) is 4. The van der Waals surface area contributed by atoms with Crippen molar-refractivity contribution in [1.29, 1.82) is 0 Å². The lowest BCUT2D eigenvalue weighted by Gasteiger charge is -2.05. The molecule has 0 bridgehead atoms. The van der Waals surface area contributed by atoms with E-state index in [1.165, 1.54) is 11.8 Å². The summed E-state index contributed by atoms with van der Waals surface area (Å²) in [5.41, 5.74) is 6.33. The first-order valence-electron chi connectivity index (χ1n) is 5.49. The number of anilines is 1. The molecule has 0 amide bonds. The van der Waals surface area contributed by atoms with Crippen LogP contribution in [0.25, 0.3) is 0 Å². The Balaban J connectivity index is 2.37. The Labute approximate surface area is 107 Å². The van der Waals surface area contributed by atoms with E-state index in [-0.39, 0.29) is 5.75 Å². The van der Waals surface area contributed by atoms with Crippen LogP contribution in [-0.4, -0.2) is 26.5 Å².